The summed E-state index contributed by atoms with van der Waals surface area (Å²) in [7, 11) is 0. The van der Waals surface area contributed by atoms with Crippen LogP contribution < -0.4 is 5.32 Å². The standard InChI is InChI=1S/C13H12ClNO2S/c14-10-6-7-18-12(10)13(17)15-8-11(16)9-4-2-1-3-5-9/h1-7,11,16H,8H2,(H,15,17). The Morgan fingerprint density at radius 2 is 2.06 bits per heavy atom. The van der Waals surface area contributed by atoms with Crippen LogP contribution in [0.3, 0.4) is 0 Å². The maximum Gasteiger partial charge on any atom is 0.262 e. The molecule has 18 heavy (non-hydrogen) atoms. The van der Waals surface area contributed by atoms with Crippen molar-refractivity contribution in [1.82, 2.24) is 5.32 Å². The Bertz CT molecular complexity index is 527. The molecule has 0 saturated carbocycles. The molecule has 2 N–H and O–H groups in total. The van der Waals surface area contributed by atoms with Gasteiger partial charge in [0.15, 0.2) is 0 Å². The lowest BCUT2D eigenvalue weighted by molar-refractivity contribution is 0.0920. The highest BCUT2D eigenvalue weighted by molar-refractivity contribution is 7.12. The molecule has 1 aromatic heterocycles. The van der Waals surface area contributed by atoms with E-state index in [2.05, 4.69) is 5.32 Å². The number of rotatable bonds is 4. The zero-order valence-electron chi connectivity index (χ0n) is 9.47. The number of amides is 1. The molecule has 0 fully saturated rings. The van der Waals surface area contributed by atoms with Gasteiger partial charge in [0.2, 0.25) is 0 Å². The van der Waals surface area contributed by atoms with Crippen LogP contribution in [-0.2, 0) is 0 Å². The third-order valence-corrected chi connectivity index (χ3v) is 3.80. The van der Waals surface area contributed by atoms with Crippen molar-refractivity contribution in [2.75, 3.05) is 6.54 Å². The van der Waals surface area contributed by atoms with E-state index in [1.807, 2.05) is 30.3 Å². The fourth-order valence-electron chi connectivity index (χ4n) is 1.52. The van der Waals surface area contributed by atoms with Gasteiger partial charge in [-0.15, -0.1) is 11.3 Å². The minimum absolute atomic E-state index is 0.164. The maximum atomic E-state index is 11.8. The number of hydrogen-bond donors (Lipinski definition) is 2. The average molecular weight is 282 g/mol. The molecule has 1 unspecified atom stereocenters. The van der Waals surface area contributed by atoms with Gasteiger partial charge in [0.1, 0.15) is 4.88 Å². The van der Waals surface area contributed by atoms with Crippen molar-refractivity contribution < 1.29 is 9.90 Å². The summed E-state index contributed by atoms with van der Waals surface area (Å²) in [6, 6.07) is 10.9. The highest BCUT2D eigenvalue weighted by Crippen LogP contribution is 2.21. The molecule has 2 aromatic rings. The van der Waals surface area contributed by atoms with Crippen molar-refractivity contribution in [3.05, 3.63) is 57.2 Å². The van der Waals surface area contributed by atoms with E-state index < -0.39 is 6.10 Å². The first-order valence-corrected chi connectivity index (χ1v) is 6.68. The van der Waals surface area contributed by atoms with Crippen molar-refractivity contribution in [2.45, 2.75) is 6.10 Å². The molecule has 2 rings (SSSR count). The zero-order chi connectivity index (χ0) is 13.0. The maximum absolute atomic E-state index is 11.8. The first-order chi connectivity index (χ1) is 8.68. The van der Waals surface area contributed by atoms with Crippen molar-refractivity contribution in [3.63, 3.8) is 0 Å². The highest BCUT2D eigenvalue weighted by atomic mass is 35.5. The summed E-state index contributed by atoms with van der Waals surface area (Å²) in [6.07, 6.45) is -0.714. The van der Waals surface area contributed by atoms with Crippen LogP contribution >= 0.6 is 22.9 Å². The van der Waals surface area contributed by atoms with Gasteiger partial charge in [0.25, 0.3) is 5.91 Å². The third-order valence-electron chi connectivity index (χ3n) is 2.46. The number of halogens is 1. The lowest BCUT2D eigenvalue weighted by atomic mass is 10.1. The van der Waals surface area contributed by atoms with Gasteiger partial charge in [-0.2, -0.15) is 0 Å². The number of carbonyl (C=O) groups is 1. The van der Waals surface area contributed by atoms with E-state index in [0.29, 0.717) is 9.90 Å². The molecule has 1 heterocycles. The number of hydrogen-bond acceptors (Lipinski definition) is 3. The molecule has 0 saturated heterocycles. The van der Waals surface area contributed by atoms with Crippen LogP contribution in [-0.4, -0.2) is 17.6 Å². The van der Waals surface area contributed by atoms with Crippen molar-refractivity contribution in [2.24, 2.45) is 0 Å². The van der Waals surface area contributed by atoms with Crippen LogP contribution in [0.2, 0.25) is 5.02 Å². The molecule has 3 nitrogen and oxygen atoms in total. The fraction of sp³-hybridized carbons (Fsp3) is 0.154. The Morgan fingerprint density at radius 3 is 2.67 bits per heavy atom. The summed E-state index contributed by atoms with van der Waals surface area (Å²) in [4.78, 5) is 12.2. The number of aliphatic hydroxyl groups is 1. The largest absolute Gasteiger partial charge is 0.387 e. The van der Waals surface area contributed by atoms with Gasteiger partial charge < -0.3 is 10.4 Å². The van der Waals surface area contributed by atoms with Gasteiger partial charge in [-0.25, -0.2) is 0 Å². The number of carbonyl (C=O) groups excluding carboxylic acids is 1. The molecule has 1 aromatic carbocycles. The van der Waals surface area contributed by atoms with E-state index in [4.69, 9.17) is 11.6 Å². The predicted molar refractivity (Wildman–Crippen MR) is 73.1 cm³/mol. The second-order valence-electron chi connectivity index (χ2n) is 3.73. The van der Waals surface area contributed by atoms with Crippen LogP contribution in [0.15, 0.2) is 41.8 Å². The van der Waals surface area contributed by atoms with E-state index >= 15 is 0 Å². The molecule has 0 aliphatic carbocycles. The predicted octanol–water partition coefficient (Wildman–Crippen LogP) is 2.86. The lowest BCUT2D eigenvalue weighted by Crippen LogP contribution is -2.27. The van der Waals surface area contributed by atoms with Crippen molar-refractivity contribution in [3.8, 4) is 0 Å². The average Bonchev–Trinajstić information content (AvgIpc) is 2.83. The van der Waals surface area contributed by atoms with Gasteiger partial charge in [0.05, 0.1) is 11.1 Å². The molecule has 0 bridgehead atoms. The molecule has 0 spiro atoms. The Morgan fingerprint density at radius 1 is 1.33 bits per heavy atom. The number of benzene rings is 1. The quantitative estimate of drug-likeness (QED) is 0.905. The second kappa shape index (κ2) is 6.00. The monoisotopic (exact) mass is 281 g/mol. The summed E-state index contributed by atoms with van der Waals surface area (Å²) in [6.45, 7) is 0.164. The molecule has 1 atom stereocenters. The summed E-state index contributed by atoms with van der Waals surface area (Å²) < 4.78 is 0. The van der Waals surface area contributed by atoms with E-state index in [0.717, 1.165) is 5.56 Å². The topological polar surface area (TPSA) is 49.3 Å². The Hall–Kier alpha value is -1.36. The first kappa shape index (κ1) is 13.1. The van der Waals surface area contributed by atoms with E-state index in [9.17, 15) is 9.90 Å². The van der Waals surface area contributed by atoms with Crippen molar-refractivity contribution >= 4 is 28.8 Å². The minimum atomic E-state index is -0.714. The Balaban J connectivity index is 1.93. The van der Waals surface area contributed by atoms with Crippen LogP contribution in [0, 0.1) is 0 Å². The van der Waals surface area contributed by atoms with Gasteiger partial charge >= 0.3 is 0 Å². The Labute approximate surface area is 114 Å². The summed E-state index contributed by atoms with van der Waals surface area (Å²) in [5, 5.41) is 14.7. The molecule has 94 valence electrons. The highest BCUT2D eigenvalue weighted by Gasteiger charge is 2.13. The molecule has 0 aliphatic heterocycles. The van der Waals surface area contributed by atoms with Crippen LogP contribution in [0.5, 0.6) is 0 Å². The van der Waals surface area contributed by atoms with E-state index in [1.165, 1.54) is 11.3 Å². The molecular weight excluding hydrogens is 270 g/mol. The number of thiophene rings is 1. The SMILES string of the molecule is O=C(NCC(O)c1ccccc1)c1sccc1Cl. The molecule has 0 aliphatic rings. The second-order valence-corrected chi connectivity index (χ2v) is 5.06. The van der Waals surface area contributed by atoms with Crippen LogP contribution in [0.1, 0.15) is 21.3 Å². The summed E-state index contributed by atoms with van der Waals surface area (Å²) >= 11 is 7.13. The molecular formula is C13H12ClNO2S. The lowest BCUT2D eigenvalue weighted by Gasteiger charge is -2.11. The summed E-state index contributed by atoms with van der Waals surface area (Å²) in [5.41, 5.74) is 0.773. The van der Waals surface area contributed by atoms with Crippen LogP contribution in [0.4, 0.5) is 0 Å². The summed E-state index contributed by atoms with van der Waals surface area (Å²) in [5.74, 6) is -0.259. The minimum Gasteiger partial charge on any atom is -0.387 e. The third kappa shape index (κ3) is 3.10. The van der Waals surface area contributed by atoms with E-state index in [1.54, 1.807) is 11.4 Å². The van der Waals surface area contributed by atoms with Gasteiger partial charge in [-0.3, -0.25) is 4.79 Å². The number of aliphatic hydroxyl groups excluding tert-OH is 1. The van der Waals surface area contributed by atoms with E-state index in [-0.39, 0.29) is 12.5 Å². The number of nitrogens with one attached hydrogen (secondary N) is 1. The fourth-order valence-corrected chi connectivity index (χ4v) is 2.58. The first-order valence-electron chi connectivity index (χ1n) is 5.42. The zero-order valence-corrected chi connectivity index (χ0v) is 11.0. The van der Waals surface area contributed by atoms with Crippen molar-refractivity contribution in [1.29, 1.82) is 0 Å². The molecule has 0 radical (unpaired) electrons. The van der Waals surface area contributed by atoms with Gasteiger partial charge in [0, 0.05) is 6.54 Å². The van der Waals surface area contributed by atoms with Gasteiger partial charge in [-0.1, -0.05) is 41.9 Å². The smallest absolute Gasteiger partial charge is 0.262 e. The van der Waals surface area contributed by atoms with Gasteiger partial charge in [-0.05, 0) is 17.0 Å². The molecule has 1 amide bonds. The Kier molecular flexibility index (Phi) is 4.36. The van der Waals surface area contributed by atoms with Crippen LogP contribution in [0.25, 0.3) is 0 Å². The normalized spacial score (nSPS) is 12.1. The molecule has 5 heteroatoms.